The minimum absolute atomic E-state index is 0.0286. The van der Waals surface area contributed by atoms with E-state index in [9.17, 15) is 9.59 Å². The molecule has 1 aromatic carbocycles. The highest BCUT2D eigenvalue weighted by Crippen LogP contribution is 2.37. The van der Waals surface area contributed by atoms with Crippen LogP contribution in [0.3, 0.4) is 0 Å². The SMILES string of the molecule is COc1ccc2c(c1OC)C[C@@H](COC(C)=O)OC2=O. The van der Waals surface area contributed by atoms with Gasteiger partial charge in [0.25, 0.3) is 0 Å². The summed E-state index contributed by atoms with van der Waals surface area (Å²) in [4.78, 5) is 22.8. The van der Waals surface area contributed by atoms with E-state index in [1.807, 2.05) is 0 Å². The molecule has 1 aromatic rings. The number of fused-ring (bicyclic) bond motifs is 1. The summed E-state index contributed by atoms with van der Waals surface area (Å²) in [6.45, 7) is 1.34. The Morgan fingerprint density at radius 2 is 2.10 bits per heavy atom. The van der Waals surface area contributed by atoms with Crippen molar-refractivity contribution in [3.05, 3.63) is 23.3 Å². The lowest BCUT2D eigenvalue weighted by molar-refractivity contribution is -0.144. The maximum absolute atomic E-state index is 11.9. The molecular weight excluding hydrogens is 264 g/mol. The van der Waals surface area contributed by atoms with Gasteiger partial charge in [0, 0.05) is 18.9 Å². The molecule has 0 unspecified atom stereocenters. The fraction of sp³-hybridized carbons (Fsp3) is 0.429. The standard InChI is InChI=1S/C14H16O6/c1-8(15)19-7-9-6-11-10(14(16)20-9)4-5-12(17-2)13(11)18-3/h4-5,9H,6-7H2,1-3H3/t9-/m0/s1. The van der Waals surface area contributed by atoms with Crippen LogP contribution in [0.1, 0.15) is 22.8 Å². The summed E-state index contributed by atoms with van der Waals surface area (Å²) in [6, 6.07) is 3.30. The van der Waals surface area contributed by atoms with E-state index >= 15 is 0 Å². The van der Waals surface area contributed by atoms with Crippen molar-refractivity contribution in [3.63, 3.8) is 0 Å². The Kier molecular flexibility index (Phi) is 4.12. The van der Waals surface area contributed by atoms with Crippen LogP contribution in [-0.2, 0) is 20.7 Å². The molecular formula is C14H16O6. The average Bonchev–Trinajstić information content (AvgIpc) is 2.43. The van der Waals surface area contributed by atoms with E-state index < -0.39 is 18.0 Å². The Balaban J connectivity index is 2.31. The molecule has 1 atom stereocenters. The Morgan fingerprint density at radius 1 is 1.35 bits per heavy atom. The molecule has 0 saturated carbocycles. The number of rotatable bonds is 4. The zero-order valence-corrected chi connectivity index (χ0v) is 11.6. The molecule has 0 N–H and O–H groups in total. The fourth-order valence-electron chi connectivity index (χ4n) is 2.17. The van der Waals surface area contributed by atoms with Crippen LogP contribution in [0.15, 0.2) is 12.1 Å². The molecule has 1 aliphatic rings. The molecule has 0 spiro atoms. The maximum Gasteiger partial charge on any atom is 0.338 e. The molecule has 0 saturated heterocycles. The van der Waals surface area contributed by atoms with Crippen molar-refractivity contribution in [2.24, 2.45) is 0 Å². The lowest BCUT2D eigenvalue weighted by Gasteiger charge is -2.26. The second-order valence-corrected chi connectivity index (χ2v) is 4.36. The Bertz CT molecular complexity index is 537. The van der Waals surface area contributed by atoms with E-state index in [4.69, 9.17) is 18.9 Å². The van der Waals surface area contributed by atoms with Crippen LogP contribution in [-0.4, -0.2) is 38.9 Å². The largest absolute Gasteiger partial charge is 0.493 e. The molecule has 0 fully saturated rings. The Labute approximate surface area is 116 Å². The minimum Gasteiger partial charge on any atom is -0.493 e. The van der Waals surface area contributed by atoms with Gasteiger partial charge in [-0.3, -0.25) is 4.79 Å². The lowest BCUT2D eigenvalue weighted by atomic mass is 9.97. The first-order chi connectivity index (χ1) is 9.56. The zero-order chi connectivity index (χ0) is 14.7. The number of hydrogen-bond acceptors (Lipinski definition) is 6. The van der Waals surface area contributed by atoms with E-state index in [0.29, 0.717) is 29.0 Å². The highest BCUT2D eigenvalue weighted by atomic mass is 16.6. The monoisotopic (exact) mass is 280 g/mol. The van der Waals surface area contributed by atoms with E-state index in [1.54, 1.807) is 12.1 Å². The van der Waals surface area contributed by atoms with E-state index in [0.717, 1.165) is 0 Å². The van der Waals surface area contributed by atoms with Crippen molar-refractivity contribution in [1.29, 1.82) is 0 Å². The van der Waals surface area contributed by atoms with Crippen molar-refractivity contribution in [2.45, 2.75) is 19.4 Å². The van der Waals surface area contributed by atoms with Crippen LogP contribution >= 0.6 is 0 Å². The van der Waals surface area contributed by atoms with Crippen LogP contribution in [0.2, 0.25) is 0 Å². The van der Waals surface area contributed by atoms with Gasteiger partial charge in [0.1, 0.15) is 12.7 Å². The topological polar surface area (TPSA) is 71.1 Å². The highest BCUT2D eigenvalue weighted by Gasteiger charge is 2.31. The fourth-order valence-corrected chi connectivity index (χ4v) is 2.17. The Hall–Kier alpha value is -2.24. The summed E-state index contributed by atoms with van der Waals surface area (Å²) in [5.41, 5.74) is 1.15. The van der Waals surface area contributed by atoms with Gasteiger partial charge in [-0.1, -0.05) is 0 Å². The van der Waals surface area contributed by atoms with Gasteiger partial charge < -0.3 is 18.9 Å². The van der Waals surface area contributed by atoms with Gasteiger partial charge in [0.05, 0.1) is 19.8 Å². The first kappa shape index (κ1) is 14.2. The third-order valence-corrected chi connectivity index (χ3v) is 3.05. The molecule has 6 heteroatoms. The van der Waals surface area contributed by atoms with Gasteiger partial charge in [-0.05, 0) is 12.1 Å². The molecule has 2 rings (SSSR count). The molecule has 108 valence electrons. The first-order valence-corrected chi connectivity index (χ1v) is 6.15. The molecule has 20 heavy (non-hydrogen) atoms. The van der Waals surface area contributed by atoms with Crippen molar-refractivity contribution < 1.29 is 28.5 Å². The molecule has 1 heterocycles. The van der Waals surface area contributed by atoms with Gasteiger partial charge in [-0.25, -0.2) is 4.79 Å². The molecule has 0 bridgehead atoms. The number of hydrogen-bond donors (Lipinski definition) is 0. The van der Waals surface area contributed by atoms with Crippen LogP contribution in [0, 0.1) is 0 Å². The normalized spacial score (nSPS) is 16.9. The van der Waals surface area contributed by atoms with Crippen molar-refractivity contribution in [2.75, 3.05) is 20.8 Å². The van der Waals surface area contributed by atoms with Gasteiger partial charge >= 0.3 is 11.9 Å². The Morgan fingerprint density at radius 3 is 2.70 bits per heavy atom. The average molecular weight is 280 g/mol. The van der Waals surface area contributed by atoms with Crippen LogP contribution < -0.4 is 9.47 Å². The number of carbonyl (C=O) groups is 2. The van der Waals surface area contributed by atoms with Gasteiger partial charge in [0.15, 0.2) is 11.5 Å². The number of cyclic esters (lactones) is 1. The third kappa shape index (κ3) is 2.68. The van der Waals surface area contributed by atoms with Crippen LogP contribution in [0.4, 0.5) is 0 Å². The first-order valence-electron chi connectivity index (χ1n) is 6.15. The van der Waals surface area contributed by atoms with Crippen LogP contribution in [0.5, 0.6) is 11.5 Å². The molecule has 1 aliphatic heterocycles. The number of carbonyl (C=O) groups excluding carboxylic acids is 2. The van der Waals surface area contributed by atoms with E-state index in [1.165, 1.54) is 21.1 Å². The second-order valence-electron chi connectivity index (χ2n) is 4.36. The number of benzene rings is 1. The minimum atomic E-state index is -0.514. The predicted octanol–water partition coefficient (Wildman–Crippen LogP) is 1.35. The molecule has 0 radical (unpaired) electrons. The lowest BCUT2D eigenvalue weighted by Crippen LogP contribution is -2.32. The number of ether oxygens (including phenoxy) is 4. The molecule has 0 aromatic heterocycles. The smallest absolute Gasteiger partial charge is 0.338 e. The van der Waals surface area contributed by atoms with Crippen LogP contribution in [0.25, 0.3) is 0 Å². The van der Waals surface area contributed by atoms with Gasteiger partial charge in [0.2, 0.25) is 0 Å². The van der Waals surface area contributed by atoms with E-state index in [2.05, 4.69) is 0 Å². The molecule has 0 amide bonds. The highest BCUT2D eigenvalue weighted by molar-refractivity contribution is 5.93. The van der Waals surface area contributed by atoms with E-state index in [-0.39, 0.29) is 6.61 Å². The third-order valence-electron chi connectivity index (χ3n) is 3.05. The summed E-state index contributed by atoms with van der Waals surface area (Å²) in [5, 5.41) is 0. The number of methoxy groups -OCH3 is 2. The van der Waals surface area contributed by atoms with Crippen molar-refractivity contribution in [1.82, 2.24) is 0 Å². The number of esters is 2. The zero-order valence-electron chi connectivity index (χ0n) is 11.6. The van der Waals surface area contributed by atoms with Crippen molar-refractivity contribution in [3.8, 4) is 11.5 Å². The second kappa shape index (κ2) is 5.81. The summed E-state index contributed by atoms with van der Waals surface area (Å²) < 4.78 is 20.6. The van der Waals surface area contributed by atoms with Gasteiger partial charge in [-0.15, -0.1) is 0 Å². The predicted molar refractivity (Wildman–Crippen MR) is 69.1 cm³/mol. The maximum atomic E-state index is 11.9. The molecule has 0 aliphatic carbocycles. The summed E-state index contributed by atoms with van der Waals surface area (Å²) in [5.74, 6) is 0.190. The quantitative estimate of drug-likeness (QED) is 0.775. The van der Waals surface area contributed by atoms with Gasteiger partial charge in [-0.2, -0.15) is 0 Å². The summed E-state index contributed by atoms with van der Waals surface area (Å²) >= 11 is 0. The summed E-state index contributed by atoms with van der Waals surface area (Å²) in [6.07, 6.45) is -0.103. The summed E-state index contributed by atoms with van der Waals surface area (Å²) in [7, 11) is 3.04. The van der Waals surface area contributed by atoms with Crippen molar-refractivity contribution >= 4 is 11.9 Å². The molecule has 6 nitrogen and oxygen atoms in total.